The zero-order valence-electron chi connectivity index (χ0n) is 16.6. The fourth-order valence-corrected chi connectivity index (χ4v) is 2.83. The van der Waals surface area contributed by atoms with Crippen LogP contribution in [0.15, 0.2) is 36.4 Å². The maximum atomic E-state index is 14.5. The molecule has 1 atom stereocenters. The fourth-order valence-electron chi connectivity index (χ4n) is 2.83. The van der Waals surface area contributed by atoms with Crippen LogP contribution in [0, 0.1) is 5.82 Å². The van der Waals surface area contributed by atoms with Gasteiger partial charge in [-0.2, -0.15) is 13.2 Å². The molecule has 3 rings (SSSR count). The van der Waals surface area contributed by atoms with Gasteiger partial charge in [0.25, 0.3) is 0 Å². The van der Waals surface area contributed by atoms with Crippen molar-refractivity contribution in [3.63, 3.8) is 0 Å². The summed E-state index contributed by atoms with van der Waals surface area (Å²) in [6.07, 6.45) is -5.83. The van der Waals surface area contributed by atoms with E-state index < -0.39 is 35.4 Å². The van der Waals surface area contributed by atoms with Gasteiger partial charge in [0.15, 0.2) is 23.4 Å². The molecule has 0 bridgehead atoms. The molecule has 1 unspecified atom stereocenters. The number of hydrogen-bond acceptors (Lipinski definition) is 4. The Kier molecular flexibility index (Phi) is 5.83. The number of amides is 1. The van der Waals surface area contributed by atoms with Crippen molar-refractivity contribution < 1.29 is 36.6 Å². The molecule has 30 heavy (non-hydrogen) atoms. The summed E-state index contributed by atoms with van der Waals surface area (Å²) in [4.78, 5) is 11.7. The number of ether oxygens (including phenoxy) is 3. The van der Waals surface area contributed by atoms with Gasteiger partial charge < -0.3 is 19.5 Å². The van der Waals surface area contributed by atoms with Crippen molar-refractivity contribution in [1.29, 1.82) is 0 Å². The quantitative estimate of drug-likeness (QED) is 0.668. The third kappa shape index (κ3) is 5.34. The highest BCUT2D eigenvalue weighted by Gasteiger charge is 2.31. The summed E-state index contributed by atoms with van der Waals surface area (Å²) >= 11 is 0. The second kappa shape index (κ2) is 8.04. The van der Waals surface area contributed by atoms with Gasteiger partial charge in [0.05, 0.1) is 5.56 Å². The summed E-state index contributed by atoms with van der Waals surface area (Å²) < 4.78 is 69.0. The van der Waals surface area contributed by atoms with Crippen molar-refractivity contribution in [3.8, 4) is 11.5 Å². The number of fused-ring (bicyclic) bond motifs is 1. The first-order valence-corrected chi connectivity index (χ1v) is 9.18. The molecule has 1 N–H and O–H groups in total. The first-order chi connectivity index (χ1) is 13.9. The van der Waals surface area contributed by atoms with Gasteiger partial charge in [-0.1, -0.05) is 12.1 Å². The summed E-state index contributed by atoms with van der Waals surface area (Å²) in [5.41, 5.74) is -0.566. The molecule has 0 aliphatic carbocycles. The van der Waals surface area contributed by atoms with Crippen LogP contribution in [0.5, 0.6) is 11.5 Å². The molecule has 162 valence electrons. The van der Waals surface area contributed by atoms with E-state index in [4.69, 9.17) is 14.2 Å². The minimum absolute atomic E-state index is 0.000746. The van der Waals surface area contributed by atoms with Gasteiger partial charge in [0.1, 0.15) is 12.2 Å². The van der Waals surface area contributed by atoms with Crippen LogP contribution in [0.4, 0.5) is 22.4 Å². The molecule has 1 heterocycles. The lowest BCUT2D eigenvalue weighted by molar-refractivity contribution is -0.137. The van der Waals surface area contributed by atoms with Gasteiger partial charge in [-0.05, 0) is 56.2 Å². The van der Waals surface area contributed by atoms with Gasteiger partial charge >= 0.3 is 12.3 Å². The Hall–Kier alpha value is -2.97. The Morgan fingerprint density at radius 1 is 1.17 bits per heavy atom. The molecule has 2 aromatic carbocycles. The predicted octanol–water partition coefficient (Wildman–Crippen LogP) is 5.38. The lowest BCUT2D eigenvalue weighted by Crippen LogP contribution is -2.32. The van der Waals surface area contributed by atoms with Gasteiger partial charge in [-0.3, -0.25) is 0 Å². The van der Waals surface area contributed by atoms with Gasteiger partial charge in [-0.15, -0.1) is 0 Å². The largest absolute Gasteiger partial charge is 0.485 e. The first-order valence-electron chi connectivity index (χ1n) is 9.18. The van der Waals surface area contributed by atoms with E-state index in [0.29, 0.717) is 11.1 Å². The van der Waals surface area contributed by atoms with Crippen LogP contribution < -0.4 is 14.8 Å². The molecular weight excluding hydrogens is 406 g/mol. The Morgan fingerprint density at radius 2 is 1.83 bits per heavy atom. The molecule has 2 aromatic rings. The van der Waals surface area contributed by atoms with Crippen LogP contribution in [0.1, 0.15) is 43.6 Å². The minimum atomic E-state index is -4.44. The number of alkyl carbamates (subject to hydrolysis) is 1. The van der Waals surface area contributed by atoms with Crippen molar-refractivity contribution in [2.45, 2.75) is 45.2 Å². The van der Waals surface area contributed by atoms with Crippen molar-refractivity contribution >= 4 is 6.09 Å². The van der Waals surface area contributed by atoms with Crippen molar-refractivity contribution in [2.75, 3.05) is 6.61 Å². The summed E-state index contributed by atoms with van der Waals surface area (Å²) in [6.45, 7) is 5.20. The number of carbonyl (C=O) groups is 1. The number of rotatable bonds is 3. The SMILES string of the molecule is CC(C)(C)OC(=O)NCc1cc(F)c2c(c1)OCC(c1ccc(C(F)(F)F)cc1)O2. The number of halogens is 4. The lowest BCUT2D eigenvalue weighted by atomic mass is 10.1. The molecule has 0 radical (unpaired) electrons. The highest BCUT2D eigenvalue weighted by atomic mass is 19.4. The zero-order chi connectivity index (χ0) is 22.1. The lowest BCUT2D eigenvalue weighted by Gasteiger charge is -2.27. The van der Waals surface area contributed by atoms with Crippen LogP contribution in [0.2, 0.25) is 0 Å². The van der Waals surface area contributed by atoms with Crippen LogP contribution >= 0.6 is 0 Å². The van der Waals surface area contributed by atoms with E-state index in [1.165, 1.54) is 24.3 Å². The number of carbonyl (C=O) groups excluding carboxylic acids is 1. The van der Waals surface area contributed by atoms with E-state index in [0.717, 1.165) is 12.1 Å². The summed E-state index contributed by atoms with van der Waals surface area (Å²) in [6, 6.07) is 7.15. The Morgan fingerprint density at radius 3 is 2.43 bits per heavy atom. The monoisotopic (exact) mass is 427 g/mol. The summed E-state index contributed by atoms with van der Waals surface area (Å²) in [7, 11) is 0. The fraction of sp³-hybridized carbons (Fsp3) is 0.381. The van der Waals surface area contributed by atoms with Gasteiger partial charge in [-0.25, -0.2) is 9.18 Å². The van der Waals surface area contributed by atoms with Crippen molar-refractivity contribution in [2.24, 2.45) is 0 Å². The molecule has 0 saturated heterocycles. The van der Waals surface area contributed by atoms with E-state index in [9.17, 15) is 22.4 Å². The second-order valence-electron chi connectivity index (χ2n) is 7.80. The average Bonchev–Trinajstić information content (AvgIpc) is 2.64. The molecule has 0 aromatic heterocycles. The predicted molar refractivity (Wildman–Crippen MR) is 99.8 cm³/mol. The normalized spacial score (nSPS) is 16.2. The van der Waals surface area contributed by atoms with E-state index in [2.05, 4.69) is 5.32 Å². The first kappa shape index (κ1) is 21.7. The molecular formula is C21H21F4NO4. The summed E-state index contributed by atoms with van der Waals surface area (Å²) in [5.74, 6) is -0.684. The van der Waals surface area contributed by atoms with Gasteiger partial charge in [0.2, 0.25) is 0 Å². The molecule has 5 nitrogen and oxygen atoms in total. The maximum absolute atomic E-state index is 14.5. The zero-order valence-corrected chi connectivity index (χ0v) is 16.6. The van der Waals surface area contributed by atoms with E-state index in [-0.39, 0.29) is 24.7 Å². The molecule has 1 aliphatic rings. The molecule has 0 spiro atoms. The smallest absolute Gasteiger partial charge is 0.416 e. The van der Waals surface area contributed by atoms with Crippen LogP contribution in [0.3, 0.4) is 0 Å². The minimum Gasteiger partial charge on any atom is -0.485 e. The van der Waals surface area contributed by atoms with Crippen molar-refractivity contribution in [1.82, 2.24) is 5.32 Å². The third-order valence-electron chi connectivity index (χ3n) is 4.17. The van der Waals surface area contributed by atoms with Crippen LogP contribution in [-0.2, 0) is 17.5 Å². The molecule has 1 aliphatic heterocycles. The number of hydrogen-bond donors (Lipinski definition) is 1. The van der Waals surface area contributed by atoms with Crippen LogP contribution in [-0.4, -0.2) is 18.3 Å². The van der Waals surface area contributed by atoms with Crippen LogP contribution in [0.25, 0.3) is 0 Å². The average molecular weight is 427 g/mol. The highest BCUT2D eigenvalue weighted by molar-refractivity contribution is 5.67. The number of benzene rings is 2. The number of nitrogens with one attached hydrogen (secondary N) is 1. The summed E-state index contributed by atoms with van der Waals surface area (Å²) in [5, 5.41) is 2.53. The second-order valence-corrected chi connectivity index (χ2v) is 7.80. The molecule has 0 saturated carbocycles. The third-order valence-corrected chi connectivity index (χ3v) is 4.17. The van der Waals surface area contributed by atoms with Gasteiger partial charge in [0, 0.05) is 6.54 Å². The molecule has 0 fully saturated rings. The number of alkyl halides is 3. The Labute approximate surface area is 170 Å². The van der Waals surface area contributed by atoms with E-state index in [1.807, 2.05) is 0 Å². The van der Waals surface area contributed by atoms with E-state index >= 15 is 0 Å². The standard InChI is InChI=1S/C21H21F4NO4/c1-20(2,3)30-19(27)26-10-12-8-15(22)18-16(9-12)28-11-17(29-18)13-4-6-14(7-5-13)21(23,24)25/h4-9,17H,10-11H2,1-3H3,(H,26,27). The van der Waals surface area contributed by atoms with Crippen molar-refractivity contribution in [3.05, 3.63) is 58.9 Å². The Balaban J connectivity index is 1.69. The topological polar surface area (TPSA) is 56.8 Å². The molecule has 9 heteroatoms. The highest BCUT2D eigenvalue weighted by Crippen LogP contribution is 2.40. The maximum Gasteiger partial charge on any atom is 0.416 e. The van der Waals surface area contributed by atoms with E-state index in [1.54, 1.807) is 20.8 Å². The molecule has 1 amide bonds. The Bertz CT molecular complexity index is 920.